The molecule has 0 saturated carbocycles. The van der Waals surface area contributed by atoms with E-state index in [0.717, 1.165) is 5.56 Å². The fourth-order valence-corrected chi connectivity index (χ4v) is 1.75. The molecule has 17 heavy (non-hydrogen) atoms. The molecule has 1 unspecified atom stereocenters. The van der Waals surface area contributed by atoms with E-state index >= 15 is 0 Å². The van der Waals surface area contributed by atoms with Gasteiger partial charge in [0.1, 0.15) is 6.04 Å². The van der Waals surface area contributed by atoms with Gasteiger partial charge in [0.05, 0.1) is 12.7 Å². The minimum absolute atomic E-state index is 0.307. The zero-order valence-electron chi connectivity index (χ0n) is 9.91. The summed E-state index contributed by atoms with van der Waals surface area (Å²) in [7, 11) is 1.29. The number of nitrogens with one attached hydrogen (secondary N) is 1. The molecule has 1 amide bonds. The highest BCUT2D eigenvalue weighted by molar-refractivity contribution is 9.10. The number of hydrogen-bond acceptors (Lipinski definition) is 3. The van der Waals surface area contributed by atoms with E-state index in [1.165, 1.54) is 7.11 Å². The van der Waals surface area contributed by atoms with Gasteiger partial charge in [-0.3, -0.25) is 4.79 Å². The number of halogens is 1. The van der Waals surface area contributed by atoms with Gasteiger partial charge in [-0.1, -0.05) is 11.6 Å². The number of hydrogen-bond donors (Lipinski definition) is 1. The van der Waals surface area contributed by atoms with Crippen LogP contribution in [0.5, 0.6) is 0 Å². The monoisotopic (exact) mass is 299 g/mol. The molecule has 92 valence electrons. The van der Waals surface area contributed by atoms with Crippen molar-refractivity contribution < 1.29 is 14.3 Å². The Kier molecular flexibility index (Phi) is 4.69. The first-order valence-electron chi connectivity index (χ1n) is 5.10. The Labute approximate surface area is 108 Å². The van der Waals surface area contributed by atoms with Crippen molar-refractivity contribution in [1.29, 1.82) is 0 Å². The molecule has 0 bridgehead atoms. The molecule has 0 aliphatic heterocycles. The third-order valence-electron chi connectivity index (χ3n) is 2.27. The second-order valence-corrected chi connectivity index (χ2v) is 4.56. The van der Waals surface area contributed by atoms with E-state index < -0.39 is 12.0 Å². The number of benzene rings is 1. The van der Waals surface area contributed by atoms with E-state index in [0.29, 0.717) is 10.0 Å². The lowest BCUT2D eigenvalue weighted by atomic mass is 10.1. The largest absolute Gasteiger partial charge is 0.467 e. The Morgan fingerprint density at radius 2 is 2.06 bits per heavy atom. The van der Waals surface area contributed by atoms with Crippen molar-refractivity contribution in [2.75, 3.05) is 7.11 Å². The summed E-state index contributed by atoms with van der Waals surface area (Å²) in [6, 6.07) is 4.78. The molecule has 4 nitrogen and oxygen atoms in total. The second kappa shape index (κ2) is 5.82. The highest BCUT2D eigenvalue weighted by Gasteiger charge is 2.18. The molecule has 1 aromatic carbocycles. The number of carbonyl (C=O) groups is 2. The highest BCUT2D eigenvalue weighted by atomic mass is 79.9. The van der Waals surface area contributed by atoms with Crippen LogP contribution < -0.4 is 5.32 Å². The summed E-state index contributed by atoms with van der Waals surface area (Å²) in [6.45, 7) is 3.47. The number of aryl methyl sites for hydroxylation is 1. The fraction of sp³-hybridized carbons (Fsp3) is 0.333. The van der Waals surface area contributed by atoms with Crippen molar-refractivity contribution in [3.8, 4) is 0 Å². The highest BCUT2D eigenvalue weighted by Crippen LogP contribution is 2.18. The van der Waals surface area contributed by atoms with Crippen LogP contribution in [0.15, 0.2) is 22.7 Å². The van der Waals surface area contributed by atoms with E-state index in [9.17, 15) is 9.59 Å². The number of methoxy groups -OCH3 is 1. The Balaban J connectivity index is 2.83. The quantitative estimate of drug-likeness (QED) is 0.869. The average Bonchev–Trinajstić information content (AvgIpc) is 2.30. The molecule has 0 aliphatic carbocycles. The Hall–Kier alpha value is -1.36. The minimum atomic E-state index is -0.667. The third-order valence-corrected chi connectivity index (χ3v) is 2.96. The van der Waals surface area contributed by atoms with Crippen LogP contribution in [0, 0.1) is 6.92 Å². The van der Waals surface area contributed by atoms with Crippen LogP contribution in [0.1, 0.15) is 22.8 Å². The summed E-state index contributed by atoms with van der Waals surface area (Å²) in [6.07, 6.45) is 0. The predicted octanol–water partition coefficient (Wildman–Crippen LogP) is 2.05. The first-order chi connectivity index (χ1) is 7.95. The molecule has 5 heteroatoms. The molecular weight excluding hydrogens is 286 g/mol. The van der Waals surface area contributed by atoms with Gasteiger partial charge in [0, 0.05) is 4.47 Å². The SMILES string of the molecule is COC(=O)C(C)NC(=O)c1cc(C)ccc1Br. The number of amides is 1. The zero-order chi connectivity index (χ0) is 13.0. The number of rotatable bonds is 3. The minimum Gasteiger partial charge on any atom is -0.467 e. The Morgan fingerprint density at radius 3 is 2.65 bits per heavy atom. The molecule has 1 aromatic rings. The van der Waals surface area contributed by atoms with Crippen molar-refractivity contribution in [1.82, 2.24) is 5.32 Å². The van der Waals surface area contributed by atoms with Crippen LogP contribution >= 0.6 is 15.9 Å². The van der Waals surface area contributed by atoms with Gasteiger partial charge in [-0.05, 0) is 41.9 Å². The van der Waals surface area contributed by atoms with Crippen LogP contribution in [0.2, 0.25) is 0 Å². The normalized spacial score (nSPS) is 11.8. The van der Waals surface area contributed by atoms with Gasteiger partial charge in [-0.15, -0.1) is 0 Å². The Bertz CT molecular complexity index is 445. The first kappa shape index (κ1) is 13.7. The van der Waals surface area contributed by atoms with Crippen molar-refractivity contribution in [2.24, 2.45) is 0 Å². The van der Waals surface area contributed by atoms with Gasteiger partial charge < -0.3 is 10.1 Å². The van der Waals surface area contributed by atoms with E-state index in [1.807, 2.05) is 13.0 Å². The number of esters is 1. The summed E-state index contributed by atoms with van der Waals surface area (Å²) in [5.41, 5.74) is 1.48. The summed E-state index contributed by atoms with van der Waals surface area (Å²) >= 11 is 3.30. The fourth-order valence-electron chi connectivity index (χ4n) is 1.32. The van der Waals surface area contributed by atoms with Gasteiger partial charge in [0.15, 0.2) is 0 Å². The molecule has 0 saturated heterocycles. The van der Waals surface area contributed by atoms with Crippen LogP contribution in [-0.2, 0) is 9.53 Å². The number of ether oxygens (including phenoxy) is 1. The maximum absolute atomic E-state index is 11.9. The molecule has 1 atom stereocenters. The van der Waals surface area contributed by atoms with Crippen molar-refractivity contribution >= 4 is 27.8 Å². The zero-order valence-corrected chi connectivity index (χ0v) is 11.5. The number of carbonyl (C=O) groups excluding carboxylic acids is 2. The molecular formula is C12H14BrNO3. The Morgan fingerprint density at radius 1 is 1.41 bits per heavy atom. The van der Waals surface area contributed by atoms with Gasteiger partial charge in [0.2, 0.25) is 0 Å². The molecule has 0 fully saturated rings. The van der Waals surface area contributed by atoms with E-state index in [2.05, 4.69) is 26.0 Å². The van der Waals surface area contributed by atoms with E-state index in [4.69, 9.17) is 0 Å². The summed E-state index contributed by atoms with van der Waals surface area (Å²) in [5.74, 6) is -0.777. The predicted molar refractivity (Wildman–Crippen MR) is 67.8 cm³/mol. The van der Waals surface area contributed by atoms with Crippen LogP contribution in [0.25, 0.3) is 0 Å². The molecule has 0 heterocycles. The molecule has 1 N–H and O–H groups in total. The van der Waals surface area contributed by atoms with Gasteiger partial charge in [0.25, 0.3) is 5.91 Å². The summed E-state index contributed by atoms with van der Waals surface area (Å²) in [5, 5.41) is 2.57. The maximum atomic E-state index is 11.9. The van der Waals surface area contributed by atoms with Gasteiger partial charge in [-0.25, -0.2) is 4.79 Å². The molecule has 0 radical (unpaired) electrons. The summed E-state index contributed by atoms with van der Waals surface area (Å²) < 4.78 is 5.23. The maximum Gasteiger partial charge on any atom is 0.328 e. The second-order valence-electron chi connectivity index (χ2n) is 3.70. The van der Waals surface area contributed by atoms with Crippen molar-refractivity contribution in [3.63, 3.8) is 0 Å². The summed E-state index contributed by atoms with van der Waals surface area (Å²) in [4.78, 5) is 23.1. The average molecular weight is 300 g/mol. The lowest BCUT2D eigenvalue weighted by molar-refractivity contribution is -0.142. The van der Waals surface area contributed by atoms with E-state index in [-0.39, 0.29) is 5.91 Å². The third kappa shape index (κ3) is 3.56. The van der Waals surface area contributed by atoms with Crippen molar-refractivity contribution in [2.45, 2.75) is 19.9 Å². The van der Waals surface area contributed by atoms with Crippen LogP contribution in [0.3, 0.4) is 0 Å². The van der Waals surface area contributed by atoms with Crippen molar-refractivity contribution in [3.05, 3.63) is 33.8 Å². The van der Waals surface area contributed by atoms with Crippen LogP contribution in [-0.4, -0.2) is 25.0 Å². The van der Waals surface area contributed by atoms with Crippen LogP contribution in [0.4, 0.5) is 0 Å². The molecule has 0 spiro atoms. The topological polar surface area (TPSA) is 55.4 Å². The smallest absolute Gasteiger partial charge is 0.328 e. The van der Waals surface area contributed by atoms with E-state index in [1.54, 1.807) is 19.1 Å². The lowest BCUT2D eigenvalue weighted by Crippen LogP contribution is -2.39. The standard InChI is InChI=1S/C12H14BrNO3/c1-7-4-5-10(13)9(6-7)11(15)14-8(2)12(16)17-3/h4-6,8H,1-3H3,(H,14,15). The first-order valence-corrected chi connectivity index (χ1v) is 5.90. The van der Waals surface area contributed by atoms with Gasteiger partial charge >= 0.3 is 5.97 Å². The lowest BCUT2D eigenvalue weighted by Gasteiger charge is -2.12. The molecule has 1 rings (SSSR count). The van der Waals surface area contributed by atoms with Gasteiger partial charge in [-0.2, -0.15) is 0 Å². The molecule has 0 aromatic heterocycles. The molecule has 0 aliphatic rings.